The fourth-order valence-corrected chi connectivity index (χ4v) is 4.51. The first-order valence-corrected chi connectivity index (χ1v) is 11.4. The Morgan fingerprint density at radius 2 is 1.85 bits per heavy atom. The Morgan fingerprint density at radius 3 is 2.58 bits per heavy atom. The van der Waals surface area contributed by atoms with Crippen LogP contribution < -0.4 is 4.74 Å². The number of methoxy groups -OCH3 is 1. The number of amides is 1. The quantitative estimate of drug-likeness (QED) is 0.507. The molecule has 4 rings (SSSR count). The van der Waals surface area contributed by atoms with E-state index in [0.717, 1.165) is 41.2 Å². The summed E-state index contributed by atoms with van der Waals surface area (Å²) in [7, 11) is 1.64. The van der Waals surface area contributed by atoms with E-state index in [1.54, 1.807) is 18.9 Å². The zero-order valence-electron chi connectivity index (χ0n) is 19.4. The van der Waals surface area contributed by atoms with Crippen LogP contribution in [0.1, 0.15) is 35.8 Å². The number of rotatable bonds is 6. The molecule has 3 aromatic rings. The van der Waals surface area contributed by atoms with Gasteiger partial charge in [-0.3, -0.25) is 9.59 Å². The van der Waals surface area contributed by atoms with E-state index in [1.165, 1.54) is 0 Å². The van der Waals surface area contributed by atoms with Gasteiger partial charge in [-0.05, 0) is 57.0 Å². The number of benzene rings is 2. The van der Waals surface area contributed by atoms with Crippen LogP contribution in [0.3, 0.4) is 0 Å². The van der Waals surface area contributed by atoms with E-state index in [4.69, 9.17) is 9.47 Å². The average molecular weight is 447 g/mol. The van der Waals surface area contributed by atoms with Gasteiger partial charge in [-0.1, -0.05) is 30.3 Å². The predicted molar refractivity (Wildman–Crippen MR) is 128 cm³/mol. The van der Waals surface area contributed by atoms with Crippen LogP contribution in [0, 0.1) is 12.8 Å². The van der Waals surface area contributed by atoms with Gasteiger partial charge in [0.1, 0.15) is 5.75 Å². The third-order valence-corrected chi connectivity index (χ3v) is 6.19. The molecule has 1 saturated heterocycles. The van der Waals surface area contributed by atoms with E-state index in [9.17, 15) is 9.59 Å². The van der Waals surface area contributed by atoms with Crippen LogP contribution in [0.2, 0.25) is 0 Å². The molecule has 0 bridgehead atoms. The van der Waals surface area contributed by atoms with Crippen molar-refractivity contribution in [2.75, 3.05) is 26.8 Å². The molecule has 1 atom stereocenters. The number of aromatic nitrogens is 1. The number of carbonyl (C=O) groups excluding carboxylic acids is 2. The maximum atomic E-state index is 13.6. The fourth-order valence-electron chi connectivity index (χ4n) is 4.51. The molecule has 0 aliphatic carbocycles. The van der Waals surface area contributed by atoms with Crippen molar-refractivity contribution in [1.29, 1.82) is 0 Å². The summed E-state index contributed by atoms with van der Waals surface area (Å²) in [5.74, 6) is 0.218. The Morgan fingerprint density at radius 1 is 1.06 bits per heavy atom. The van der Waals surface area contributed by atoms with E-state index in [1.807, 2.05) is 67.6 Å². The zero-order chi connectivity index (χ0) is 23.4. The lowest BCUT2D eigenvalue weighted by molar-refractivity contribution is -0.149. The van der Waals surface area contributed by atoms with E-state index < -0.39 is 0 Å². The smallest absolute Gasteiger partial charge is 0.310 e. The SMILES string of the molecule is CCOC(=O)C1CCCN(C(=O)c2cc(-c3cccc(OC)c3)n(-c3ccccc3)c2C)C1. The second-order valence-electron chi connectivity index (χ2n) is 8.27. The normalized spacial score (nSPS) is 15.8. The van der Waals surface area contributed by atoms with Gasteiger partial charge in [0.25, 0.3) is 5.91 Å². The second kappa shape index (κ2) is 9.94. The minimum atomic E-state index is -0.267. The summed E-state index contributed by atoms with van der Waals surface area (Å²) in [5, 5.41) is 0. The van der Waals surface area contributed by atoms with Crippen LogP contribution in [-0.4, -0.2) is 48.1 Å². The summed E-state index contributed by atoms with van der Waals surface area (Å²) >= 11 is 0. The first-order chi connectivity index (χ1) is 16.0. The standard InChI is InChI=1S/C27H30N2O4/c1-4-33-27(31)21-11-9-15-28(18-21)26(30)24-17-25(20-10-8-14-23(16-20)32-3)29(19(24)2)22-12-6-5-7-13-22/h5-8,10,12-14,16-17,21H,4,9,11,15,18H2,1-3H3. The number of nitrogens with zero attached hydrogens (tertiary/aromatic N) is 2. The van der Waals surface area contributed by atoms with Gasteiger partial charge in [0, 0.05) is 30.0 Å². The predicted octanol–water partition coefficient (Wildman–Crippen LogP) is 4.88. The van der Waals surface area contributed by atoms with Crippen LogP contribution in [0.15, 0.2) is 60.7 Å². The molecule has 1 aliphatic heterocycles. The molecular formula is C27H30N2O4. The lowest BCUT2D eigenvalue weighted by Crippen LogP contribution is -2.43. The Hall–Kier alpha value is -3.54. The summed E-state index contributed by atoms with van der Waals surface area (Å²) in [4.78, 5) is 27.7. The van der Waals surface area contributed by atoms with E-state index in [0.29, 0.717) is 25.3 Å². The number of carbonyl (C=O) groups is 2. The lowest BCUT2D eigenvalue weighted by Gasteiger charge is -2.31. The molecule has 1 unspecified atom stereocenters. The Balaban J connectivity index is 1.74. The molecule has 1 amide bonds. The molecule has 0 spiro atoms. The van der Waals surface area contributed by atoms with Crippen LogP contribution in [0.5, 0.6) is 5.75 Å². The third-order valence-electron chi connectivity index (χ3n) is 6.19. The first kappa shape index (κ1) is 22.6. The highest BCUT2D eigenvalue weighted by molar-refractivity contribution is 5.97. The van der Waals surface area contributed by atoms with Crippen molar-refractivity contribution in [3.8, 4) is 22.7 Å². The number of likely N-dealkylation sites (tertiary alicyclic amines) is 1. The van der Waals surface area contributed by atoms with Gasteiger partial charge < -0.3 is 18.9 Å². The fraction of sp³-hybridized carbons (Fsp3) is 0.333. The monoisotopic (exact) mass is 446 g/mol. The summed E-state index contributed by atoms with van der Waals surface area (Å²) in [6, 6.07) is 19.8. The molecule has 1 fully saturated rings. The topological polar surface area (TPSA) is 60.8 Å². The molecule has 33 heavy (non-hydrogen) atoms. The molecule has 6 heteroatoms. The van der Waals surface area contributed by atoms with Crippen molar-refractivity contribution in [1.82, 2.24) is 9.47 Å². The third kappa shape index (κ3) is 4.65. The molecule has 1 aliphatic rings. The molecule has 2 aromatic carbocycles. The largest absolute Gasteiger partial charge is 0.497 e. The molecule has 6 nitrogen and oxygen atoms in total. The Kier molecular flexibility index (Phi) is 6.82. The van der Waals surface area contributed by atoms with Crippen LogP contribution in [0.25, 0.3) is 16.9 Å². The van der Waals surface area contributed by atoms with Gasteiger partial charge in [-0.25, -0.2) is 0 Å². The van der Waals surface area contributed by atoms with Crippen molar-refractivity contribution in [2.24, 2.45) is 5.92 Å². The molecule has 0 radical (unpaired) electrons. The van der Waals surface area contributed by atoms with Gasteiger partial charge in [0.15, 0.2) is 0 Å². The van der Waals surface area contributed by atoms with Crippen molar-refractivity contribution >= 4 is 11.9 Å². The number of hydrogen-bond donors (Lipinski definition) is 0. The van der Waals surface area contributed by atoms with Gasteiger partial charge in [-0.15, -0.1) is 0 Å². The van der Waals surface area contributed by atoms with Crippen molar-refractivity contribution in [3.63, 3.8) is 0 Å². The Bertz CT molecular complexity index is 1140. The second-order valence-corrected chi connectivity index (χ2v) is 8.27. The lowest BCUT2D eigenvalue weighted by atomic mass is 9.97. The number of ether oxygens (including phenoxy) is 2. The molecule has 172 valence electrons. The van der Waals surface area contributed by atoms with Crippen molar-refractivity contribution in [2.45, 2.75) is 26.7 Å². The molecule has 0 saturated carbocycles. The highest BCUT2D eigenvalue weighted by atomic mass is 16.5. The molecular weight excluding hydrogens is 416 g/mol. The van der Waals surface area contributed by atoms with Gasteiger partial charge in [0.2, 0.25) is 0 Å². The average Bonchev–Trinajstić information content (AvgIpc) is 3.21. The number of para-hydroxylation sites is 1. The van der Waals surface area contributed by atoms with Gasteiger partial charge >= 0.3 is 5.97 Å². The van der Waals surface area contributed by atoms with Crippen LogP contribution in [-0.2, 0) is 9.53 Å². The highest BCUT2D eigenvalue weighted by Crippen LogP contribution is 2.32. The van der Waals surface area contributed by atoms with Gasteiger partial charge in [-0.2, -0.15) is 0 Å². The minimum absolute atomic E-state index is 0.0553. The first-order valence-electron chi connectivity index (χ1n) is 11.4. The van der Waals surface area contributed by atoms with Crippen molar-refractivity contribution in [3.05, 3.63) is 71.9 Å². The summed E-state index contributed by atoms with van der Waals surface area (Å²) < 4.78 is 12.7. The number of esters is 1. The minimum Gasteiger partial charge on any atom is -0.497 e. The summed E-state index contributed by atoms with van der Waals surface area (Å²) in [6.07, 6.45) is 1.54. The highest BCUT2D eigenvalue weighted by Gasteiger charge is 2.31. The number of hydrogen-bond acceptors (Lipinski definition) is 4. The van der Waals surface area contributed by atoms with Crippen LogP contribution >= 0.6 is 0 Å². The van der Waals surface area contributed by atoms with E-state index in [2.05, 4.69) is 4.57 Å². The van der Waals surface area contributed by atoms with Gasteiger partial charge in [0.05, 0.1) is 30.9 Å². The molecule has 0 N–H and O–H groups in total. The maximum absolute atomic E-state index is 13.6. The summed E-state index contributed by atoms with van der Waals surface area (Å²) in [6.45, 7) is 5.16. The van der Waals surface area contributed by atoms with Crippen molar-refractivity contribution < 1.29 is 19.1 Å². The van der Waals surface area contributed by atoms with Crippen LogP contribution in [0.4, 0.5) is 0 Å². The summed E-state index contributed by atoms with van der Waals surface area (Å²) in [5.41, 5.74) is 4.36. The Labute approximate surface area is 194 Å². The zero-order valence-corrected chi connectivity index (χ0v) is 19.4. The number of piperidine rings is 1. The maximum Gasteiger partial charge on any atom is 0.310 e. The van der Waals surface area contributed by atoms with E-state index >= 15 is 0 Å². The van der Waals surface area contributed by atoms with E-state index in [-0.39, 0.29) is 17.8 Å². The molecule has 2 heterocycles. The molecule has 1 aromatic heterocycles.